The van der Waals surface area contributed by atoms with Gasteiger partial charge in [-0.15, -0.1) is 6.58 Å². The van der Waals surface area contributed by atoms with Gasteiger partial charge in [0.1, 0.15) is 0 Å². The van der Waals surface area contributed by atoms with Crippen LogP contribution in [0.2, 0.25) is 0 Å². The zero-order valence-electron chi connectivity index (χ0n) is 9.01. The summed E-state index contributed by atoms with van der Waals surface area (Å²) in [7, 11) is 0. The van der Waals surface area contributed by atoms with Crippen molar-refractivity contribution in [2.24, 2.45) is 5.92 Å². The number of rotatable bonds is 8. The van der Waals surface area contributed by atoms with Gasteiger partial charge in [-0.2, -0.15) is 0 Å². The van der Waals surface area contributed by atoms with E-state index < -0.39 is 0 Å². The van der Waals surface area contributed by atoms with Crippen LogP contribution < -0.4 is 0 Å². The van der Waals surface area contributed by atoms with Gasteiger partial charge in [0.15, 0.2) is 0 Å². The molecule has 0 N–H and O–H groups in total. The van der Waals surface area contributed by atoms with Crippen molar-refractivity contribution in [2.75, 3.05) is 6.61 Å². The minimum Gasteiger partial charge on any atom is -0.502 e. The molecule has 1 unspecified atom stereocenters. The molecule has 0 amide bonds. The predicted molar refractivity (Wildman–Crippen MR) is 58.6 cm³/mol. The third-order valence-corrected chi connectivity index (χ3v) is 2.15. The van der Waals surface area contributed by atoms with E-state index in [1.165, 1.54) is 24.7 Å². The van der Waals surface area contributed by atoms with Gasteiger partial charge in [-0.25, -0.2) is 0 Å². The summed E-state index contributed by atoms with van der Waals surface area (Å²) >= 11 is 0. The van der Waals surface area contributed by atoms with Crippen molar-refractivity contribution in [3.8, 4) is 0 Å². The Morgan fingerprint density at radius 3 is 2.69 bits per heavy atom. The lowest BCUT2D eigenvalue weighted by molar-refractivity contribution is 0.223. The molecule has 76 valence electrons. The highest BCUT2D eigenvalue weighted by Gasteiger charge is 2.01. The minimum atomic E-state index is 0.749. The molecular formula is C12H22O. The van der Waals surface area contributed by atoms with E-state index in [0.29, 0.717) is 0 Å². The normalized spacial score (nSPS) is 12.2. The number of ether oxygens (including phenoxy) is 1. The summed E-state index contributed by atoms with van der Waals surface area (Å²) < 4.78 is 5.08. The summed E-state index contributed by atoms with van der Waals surface area (Å²) in [4.78, 5) is 0. The second-order valence-corrected chi connectivity index (χ2v) is 3.78. The van der Waals surface area contributed by atoms with E-state index in [1.54, 1.807) is 0 Å². The van der Waals surface area contributed by atoms with Crippen molar-refractivity contribution in [2.45, 2.75) is 39.5 Å². The average Bonchev–Trinajstić information content (AvgIpc) is 2.04. The molecule has 0 aliphatic carbocycles. The number of hydrogen-bond donors (Lipinski definition) is 0. The van der Waals surface area contributed by atoms with Crippen LogP contribution in [0.15, 0.2) is 25.0 Å². The van der Waals surface area contributed by atoms with E-state index in [4.69, 9.17) is 4.74 Å². The first kappa shape index (κ1) is 12.3. The molecule has 1 nitrogen and oxygen atoms in total. The highest BCUT2D eigenvalue weighted by atomic mass is 16.5. The molecule has 0 spiro atoms. The Kier molecular flexibility index (Phi) is 7.47. The summed E-state index contributed by atoms with van der Waals surface area (Å²) in [5, 5.41) is 0. The molecule has 1 atom stereocenters. The Bertz CT molecular complexity index is 149. The van der Waals surface area contributed by atoms with Crippen LogP contribution in [0.4, 0.5) is 0 Å². The van der Waals surface area contributed by atoms with Crippen molar-refractivity contribution in [1.29, 1.82) is 0 Å². The maximum absolute atomic E-state index is 5.08. The van der Waals surface area contributed by atoms with Gasteiger partial charge >= 0.3 is 0 Å². The van der Waals surface area contributed by atoms with Crippen molar-refractivity contribution in [3.05, 3.63) is 25.0 Å². The molecule has 0 heterocycles. The van der Waals surface area contributed by atoms with Crippen LogP contribution in [0.5, 0.6) is 0 Å². The molecule has 0 saturated carbocycles. The first-order valence-corrected chi connectivity index (χ1v) is 5.03. The lowest BCUT2D eigenvalue weighted by Crippen LogP contribution is -1.99. The highest BCUT2D eigenvalue weighted by molar-refractivity contribution is 4.87. The van der Waals surface area contributed by atoms with Gasteiger partial charge in [-0.3, -0.25) is 0 Å². The van der Waals surface area contributed by atoms with Crippen molar-refractivity contribution in [3.63, 3.8) is 0 Å². The van der Waals surface area contributed by atoms with Crippen molar-refractivity contribution >= 4 is 0 Å². The van der Waals surface area contributed by atoms with Gasteiger partial charge in [-0.05, 0) is 32.1 Å². The summed E-state index contributed by atoms with van der Waals surface area (Å²) in [6, 6.07) is 0. The molecule has 1 heteroatoms. The molecule has 0 radical (unpaired) electrons. The van der Waals surface area contributed by atoms with Crippen LogP contribution in [0.1, 0.15) is 39.5 Å². The Hall–Kier alpha value is -0.720. The van der Waals surface area contributed by atoms with Crippen molar-refractivity contribution in [1.82, 2.24) is 0 Å². The largest absolute Gasteiger partial charge is 0.502 e. The third-order valence-electron chi connectivity index (χ3n) is 2.15. The number of hydrogen-bond acceptors (Lipinski definition) is 1. The van der Waals surface area contributed by atoms with E-state index >= 15 is 0 Å². The fourth-order valence-corrected chi connectivity index (χ4v) is 1.25. The van der Waals surface area contributed by atoms with Crippen LogP contribution in [0.25, 0.3) is 0 Å². The Morgan fingerprint density at radius 1 is 1.46 bits per heavy atom. The van der Waals surface area contributed by atoms with E-state index in [0.717, 1.165) is 25.4 Å². The van der Waals surface area contributed by atoms with Gasteiger partial charge in [0.25, 0.3) is 0 Å². The lowest BCUT2D eigenvalue weighted by Gasteiger charge is -2.10. The molecule has 13 heavy (non-hydrogen) atoms. The molecule has 0 aromatic rings. The second-order valence-electron chi connectivity index (χ2n) is 3.78. The van der Waals surface area contributed by atoms with Gasteiger partial charge in [0.2, 0.25) is 0 Å². The SMILES string of the molecule is C=COCCC(C)CCCC(=C)C. The molecule has 0 aliphatic heterocycles. The standard InChI is InChI=1S/C12H22O/c1-5-13-10-9-12(4)8-6-7-11(2)3/h5,12H,1-2,6-10H2,3-4H3. The van der Waals surface area contributed by atoms with E-state index in [1.807, 2.05) is 0 Å². The van der Waals surface area contributed by atoms with E-state index in [-0.39, 0.29) is 0 Å². The van der Waals surface area contributed by atoms with E-state index in [9.17, 15) is 0 Å². The van der Waals surface area contributed by atoms with Gasteiger partial charge in [-0.1, -0.05) is 25.5 Å². The van der Waals surface area contributed by atoms with E-state index in [2.05, 4.69) is 27.0 Å². The van der Waals surface area contributed by atoms with Crippen LogP contribution in [-0.4, -0.2) is 6.61 Å². The molecule has 0 aromatic carbocycles. The fraction of sp³-hybridized carbons (Fsp3) is 0.667. The van der Waals surface area contributed by atoms with Crippen molar-refractivity contribution < 1.29 is 4.74 Å². The summed E-state index contributed by atoms with van der Waals surface area (Å²) in [6.45, 7) is 12.6. The first-order chi connectivity index (χ1) is 6.16. The molecule has 0 bridgehead atoms. The van der Waals surface area contributed by atoms with Crippen LogP contribution in [-0.2, 0) is 4.74 Å². The molecule has 0 aromatic heterocycles. The van der Waals surface area contributed by atoms with Gasteiger partial charge in [0.05, 0.1) is 12.9 Å². The smallest absolute Gasteiger partial charge is 0.0875 e. The van der Waals surface area contributed by atoms with Crippen LogP contribution >= 0.6 is 0 Å². The molecular weight excluding hydrogens is 160 g/mol. The number of allylic oxidation sites excluding steroid dienone is 1. The minimum absolute atomic E-state index is 0.749. The zero-order chi connectivity index (χ0) is 10.1. The Labute approximate surface area is 82.5 Å². The highest BCUT2D eigenvalue weighted by Crippen LogP contribution is 2.14. The predicted octanol–water partition coefficient (Wildman–Crippen LogP) is 3.92. The zero-order valence-corrected chi connectivity index (χ0v) is 9.01. The maximum Gasteiger partial charge on any atom is 0.0875 e. The molecule has 0 saturated heterocycles. The molecule has 0 rings (SSSR count). The Balaban J connectivity index is 3.24. The third kappa shape index (κ3) is 9.19. The van der Waals surface area contributed by atoms with Crippen LogP contribution in [0.3, 0.4) is 0 Å². The summed E-state index contributed by atoms with van der Waals surface area (Å²) in [5.74, 6) is 0.749. The second kappa shape index (κ2) is 7.90. The van der Waals surface area contributed by atoms with Gasteiger partial charge < -0.3 is 4.74 Å². The fourth-order valence-electron chi connectivity index (χ4n) is 1.25. The Morgan fingerprint density at radius 2 is 2.15 bits per heavy atom. The monoisotopic (exact) mass is 182 g/mol. The molecule has 0 aliphatic rings. The molecule has 0 fully saturated rings. The maximum atomic E-state index is 5.08. The quantitative estimate of drug-likeness (QED) is 0.314. The topological polar surface area (TPSA) is 9.23 Å². The van der Waals surface area contributed by atoms with Gasteiger partial charge in [0, 0.05) is 0 Å². The summed E-state index contributed by atoms with van der Waals surface area (Å²) in [5.41, 5.74) is 1.29. The summed E-state index contributed by atoms with van der Waals surface area (Å²) in [6.07, 6.45) is 6.33. The lowest BCUT2D eigenvalue weighted by atomic mass is 9.99. The van der Waals surface area contributed by atoms with Crippen LogP contribution in [0, 0.1) is 5.92 Å². The first-order valence-electron chi connectivity index (χ1n) is 5.03. The average molecular weight is 182 g/mol.